The number of benzene rings is 3. The van der Waals surface area contributed by atoms with Gasteiger partial charge in [-0.25, -0.2) is 0 Å². The first-order chi connectivity index (χ1) is 11.7. The lowest BCUT2D eigenvalue weighted by molar-refractivity contribution is 0.415. The fraction of sp³-hybridized carbons (Fsp3) is 0.158. The maximum atomic E-state index is 6.15. The molecular formula is C19H20N4O. The van der Waals surface area contributed by atoms with Crippen molar-refractivity contribution < 1.29 is 4.74 Å². The quantitative estimate of drug-likeness (QED) is 0.690. The van der Waals surface area contributed by atoms with Gasteiger partial charge in [-0.3, -0.25) is 0 Å². The molecule has 3 aromatic rings. The summed E-state index contributed by atoms with van der Waals surface area (Å²) in [6, 6.07) is 19.1. The summed E-state index contributed by atoms with van der Waals surface area (Å²) >= 11 is 0. The van der Waals surface area contributed by atoms with E-state index in [2.05, 4.69) is 10.2 Å². The first kappa shape index (κ1) is 16.1. The highest BCUT2D eigenvalue weighted by Crippen LogP contribution is 2.34. The van der Waals surface area contributed by atoms with E-state index in [4.69, 9.17) is 16.2 Å². The molecule has 0 aromatic heterocycles. The number of azo groups is 1. The van der Waals surface area contributed by atoms with Gasteiger partial charge in [0.05, 0.1) is 18.5 Å². The van der Waals surface area contributed by atoms with Gasteiger partial charge >= 0.3 is 0 Å². The Balaban J connectivity index is 2.11. The van der Waals surface area contributed by atoms with Crippen molar-refractivity contribution in [2.24, 2.45) is 21.7 Å². The first-order valence-electron chi connectivity index (χ1n) is 7.76. The number of ether oxygens (including phenoxy) is 1. The van der Waals surface area contributed by atoms with Crippen LogP contribution in [0.2, 0.25) is 0 Å². The van der Waals surface area contributed by atoms with E-state index >= 15 is 0 Å². The predicted octanol–water partition coefficient (Wildman–Crippen LogP) is 4.22. The van der Waals surface area contributed by atoms with Crippen LogP contribution in [0.1, 0.15) is 11.6 Å². The van der Waals surface area contributed by atoms with E-state index in [0.717, 1.165) is 33.5 Å². The van der Waals surface area contributed by atoms with Crippen LogP contribution >= 0.6 is 0 Å². The molecule has 0 saturated heterocycles. The lowest BCUT2D eigenvalue weighted by Gasteiger charge is -2.14. The highest BCUT2D eigenvalue weighted by Gasteiger charge is 2.12. The van der Waals surface area contributed by atoms with Gasteiger partial charge in [-0.2, -0.15) is 5.11 Å². The number of nitrogens with two attached hydrogens (primary N) is 2. The number of methoxy groups -OCH3 is 1. The van der Waals surface area contributed by atoms with Gasteiger partial charge < -0.3 is 16.2 Å². The molecule has 0 fully saturated rings. The Morgan fingerprint density at radius 3 is 2.46 bits per heavy atom. The first-order valence-corrected chi connectivity index (χ1v) is 7.76. The van der Waals surface area contributed by atoms with E-state index in [1.165, 1.54) is 0 Å². The summed E-state index contributed by atoms with van der Waals surface area (Å²) in [6.45, 7) is 0.372. The number of rotatable bonds is 5. The van der Waals surface area contributed by atoms with Crippen molar-refractivity contribution in [3.05, 3.63) is 66.2 Å². The minimum atomic E-state index is -0.236. The third kappa shape index (κ3) is 3.27. The third-order valence-electron chi connectivity index (χ3n) is 3.92. The SMILES string of the molecule is COc1ccc2c(N=Nc3ccccc3)ccc(C(N)CN)c2c1. The van der Waals surface area contributed by atoms with E-state index in [9.17, 15) is 0 Å². The van der Waals surface area contributed by atoms with Crippen LogP contribution in [0.3, 0.4) is 0 Å². The zero-order valence-corrected chi connectivity index (χ0v) is 13.5. The normalized spacial score (nSPS) is 12.6. The highest BCUT2D eigenvalue weighted by atomic mass is 16.5. The molecule has 0 saturated carbocycles. The van der Waals surface area contributed by atoms with Crippen LogP contribution < -0.4 is 16.2 Å². The number of fused-ring (bicyclic) bond motifs is 1. The van der Waals surface area contributed by atoms with Gasteiger partial charge in [-0.05, 0) is 47.3 Å². The molecule has 0 heterocycles. The zero-order valence-electron chi connectivity index (χ0n) is 13.5. The largest absolute Gasteiger partial charge is 0.497 e. The smallest absolute Gasteiger partial charge is 0.119 e. The third-order valence-corrected chi connectivity index (χ3v) is 3.92. The summed E-state index contributed by atoms with van der Waals surface area (Å²) < 4.78 is 5.33. The van der Waals surface area contributed by atoms with Crippen molar-refractivity contribution in [1.82, 2.24) is 0 Å². The van der Waals surface area contributed by atoms with E-state index in [1.807, 2.05) is 60.7 Å². The minimum Gasteiger partial charge on any atom is -0.497 e. The average Bonchev–Trinajstić information content (AvgIpc) is 2.65. The fourth-order valence-electron chi connectivity index (χ4n) is 2.60. The topological polar surface area (TPSA) is 86.0 Å². The van der Waals surface area contributed by atoms with Crippen molar-refractivity contribution in [2.45, 2.75) is 6.04 Å². The molecule has 0 spiro atoms. The number of hydrogen-bond acceptors (Lipinski definition) is 5. The molecule has 0 aliphatic carbocycles. The second kappa shape index (κ2) is 7.21. The van der Waals surface area contributed by atoms with Crippen molar-refractivity contribution in [3.63, 3.8) is 0 Å². The maximum Gasteiger partial charge on any atom is 0.119 e. The van der Waals surface area contributed by atoms with E-state index in [0.29, 0.717) is 6.54 Å². The molecule has 1 atom stereocenters. The Morgan fingerprint density at radius 2 is 1.75 bits per heavy atom. The molecule has 5 nitrogen and oxygen atoms in total. The Kier molecular flexibility index (Phi) is 4.84. The average molecular weight is 320 g/mol. The molecule has 0 aliphatic heterocycles. The van der Waals surface area contributed by atoms with Crippen LogP contribution in [0.25, 0.3) is 10.8 Å². The van der Waals surface area contributed by atoms with Crippen LogP contribution in [-0.4, -0.2) is 13.7 Å². The lowest BCUT2D eigenvalue weighted by atomic mass is 9.98. The minimum absolute atomic E-state index is 0.236. The van der Waals surface area contributed by atoms with Crippen molar-refractivity contribution in [3.8, 4) is 5.75 Å². The van der Waals surface area contributed by atoms with Crippen LogP contribution in [0, 0.1) is 0 Å². The number of hydrogen-bond donors (Lipinski definition) is 2. The molecule has 5 heteroatoms. The molecule has 0 bridgehead atoms. The second-order valence-corrected chi connectivity index (χ2v) is 5.46. The standard InChI is InChI=1S/C19H20N4O/c1-24-14-7-8-16-17(11-14)15(18(21)12-20)9-10-19(16)23-22-13-5-3-2-4-6-13/h2-11,18H,12,20-21H2,1H3. The number of nitrogens with zero attached hydrogens (tertiary/aromatic N) is 2. The second-order valence-electron chi connectivity index (χ2n) is 5.46. The van der Waals surface area contributed by atoms with Gasteiger partial charge in [-0.15, -0.1) is 5.11 Å². The summed E-state index contributed by atoms with van der Waals surface area (Å²) in [5.74, 6) is 0.769. The maximum absolute atomic E-state index is 6.15. The van der Waals surface area contributed by atoms with E-state index in [1.54, 1.807) is 7.11 Å². The fourth-order valence-corrected chi connectivity index (χ4v) is 2.60. The van der Waals surface area contributed by atoms with Gasteiger partial charge in [0.2, 0.25) is 0 Å². The molecule has 122 valence electrons. The van der Waals surface area contributed by atoms with Crippen molar-refractivity contribution >= 4 is 22.1 Å². The molecule has 0 radical (unpaired) electrons. The molecule has 4 N–H and O–H groups in total. The van der Waals surface area contributed by atoms with Gasteiger partial charge in [0.1, 0.15) is 5.75 Å². The lowest BCUT2D eigenvalue weighted by Crippen LogP contribution is -2.20. The van der Waals surface area contributed by atoms with Gasteiger partial charge in [0.15, 0.2) is 0 Å². The van der Waals surface area contributed by atoms with Crippen LogP contribution in [-0.2, 0) is 0 Å². The summed E-state index contributed by atoms with van der Waals surface area (Å²) in [7, 11) is 1.64. The molecule has 24 heavy (non-hydrogen) atoms. The Labute approximate surface area is 141 Å². The van der Waals surface area contributed by atoms with Crippen LogP contribution in [0.15, 0.2) is 70.9 Å². The Morgan fingerprint density at radius 1 is 0.958 bits per heavy atom. The van der Waals surface area contributed by atoms with Gasteiger partial charge in [-0.1, -0.05) is 24.3 Å². The summed E-state index contributed by atoms with van der Waals surface area (Å²) in [6.07, 6.45) is 0. The molecular weight excluding hydrogens is 300 g/mol. The van der Waals surface area contributed by atoms with Crippen molar-refractivity contribution in [2.75, 3.05) is 13.7 Å². The van der Waals surface area contributed by atoms with Crippen molar-refractivity contribution in [1.29, 1.82) is 0 Å². The zero-order chi connectivity index (χ0) is 16.9. The highest BCUT2D eigenvalue weighted by molar-refractivity contribution is 5.96. The molecule has 3 rings (SSSR count). The predicted molar refractivity (Wildman–Crippen MR) is 97.1 cm³/mol. The summed E-state index contributed by atoms with van der Waals surface area (Å²) in [4.78, 5) is 0. The van der Waals surface area contributed by atoms with Gasteiger partial charge in [0, 0.05) is 18.0 Å². The van der Waals surface area contributed by atoms with E-state index < -0.39 is 0 Å². The molecule has 0 aliphatic rings. The van der Waals surface area contributed by atoms with E-state index in [-0.39, 0.29) is 6.04 Å². The van der Waals surface area contributed by atoms with Crippen LogP contribution in [0.4, 0.5) is 11.4 Å². The summed E-state index contributed by atoms with van der Waals surface area (Å²) in [5, 5.41) is 10.7. The summed E-state index contributed by atoms with van der Waals surface area (Å²) in [5.41, 5.74) is 14.5. The molecule has 0 amide bonds. The Hall–Kier alpha value is -2.76. The molecule has 1 unspecified atom stereocenters. The monoisotopic (exact) mass is 320 g/mol. The van der Waals surface area contributed by atoms with Crippen LogP contribution in [0.5, 0.6) is 5.75 Å². The molecule has 3 aromatic carbocycles. The Bertz CT molecular complexity index is 862. The van der Waals surface area contributed by atoms with Gasteiger partial charge in [0.25, 0.3) is 0 Å².